The molecule has 1 aliphatic rings. The summed E-state index contributed by atoms with van der Waals surface area (Å²) in [5.41, 5.74) is 7.28. The van der Waals surface area contributed by atoms with Crippen molar-refractivity contribution in [1.82, 2.24) is 4.98 Å². The molecule has 18 heavy (non-hydrogen) atoms. The van der Waals surface area contributed by atoms with Gasteiger partial charge in [0.2, 0.25) is 0 Å². The van der Waals surface area contributed by atoms with E-state index in [9.17, 15) is 0 Å². The van der Waals surface area contributed by atoms with Crippen molar-refractivity contribution in [2.45, 2.75) is 45.6 Å². The van der Waals surface area contributed by atoms with Crippen LogP contribution >= 0.6 is 0 Å². The van der Waals surface area contributed by atoms with E-state index >= 15 is 0 Å². The first-order chi connectivity index (χ1) is 8.58. The molecule has 0 saturated carbocycles. The van der Waals surface area contributed by atoms with E-state index in [1.54, 1.807) is 0 Å². The van der Waals surface area contributed by atoms with Crippen LogP contribution in [0.1, 0.15) is 43.9 Å². The zero-order valence-corrected chi connectivity index (χ0v) is 11.2. The first-order valence-electron chi connectivity index (χ1n) is 6.67. The number of rotatable bonds is 2. The second kappa shape index (κ2) is 5.38. The summed E-state index contributed by atoms with van der Waals surface area (Å²) >= 11 is 0. The number of aromatic nitrogens is 1. The van der Waals surface area contributed by atoms with E-state index in [0.29, 0.717) is 6.04 Å². The van der Waals surface area contributed by atoms with Gasteiger partial charge in [-0.2, -0.15) is 0 Å². The molecule has 1 unspecified atom stereocenters. The van der Waals surface area contributed by atoms with Crippen molar-refractivity contribution >= 4 is 11.7 Å². The van der Waals surface area contributed by atoms with Gasteiger partial charge in [-0.25, -0.2) is 4.98 Å². The molecule has 1 saturated heterocycles. The number of hydrogen-bond donors (Lipinski definition) is 2. The molecule has 98 valence electrons. The standard InChI is InChI=1S/C14H22N4/c1-10-8-12(14(15)16)9-13(17-10)18-7-5-3-4-6-11(18)2/h8-9,11H,3-7H2,1-2H3,(H3,15,16). The van der Waals surface area contributed by atoms with Crippen LogP contribution in [0, 0.1) is 12.3 Å². The lowest BCUT2D eigenvalue weighted by atomic mass is 10.1. The number of nitrogens with two attached hydrogens (primary N) is 1. The molecule has 0 bridgehead atoms. The van der Waals surface area contributed by atoms with Gasteiger partial charge in [0, 0.05) is 23.8 Å². The van der Waals surface area contributed by atoms with Crippen molar-refractivity contribution in [1.29, 1.82) is 5.41 Å². The summed E-state index contributed by atoms with van der Waals surface area (Å²) in [6, 6.07) is 4.33. The van der Waals surface area contributed by atoms with Crippen molar-refractivity contribution in [3.63, 3.8) is 0 Å². The lowest BCUT2D eigenvalue weighted by Gasteiger charge is -2.28. The number of amidine groups is 1. The molecule has 1 aliphatic heterocycles. The lowest BCUT2D eigenvalue weighted by Crippen LogP contribution is -2.33. The van der Waals surface area contributed by atoms with Crippen LogP contribution in [0.3, 0.4) is 0 Å². The summed E-state index contributed by atoms with van der Waals surface area (Å²) in [5, 5.41) is 7.57. The van der Waals surface area contributed by atoms with Gasteiger partial charge in [0.15, 0.2) is 0 Å². The minimum atomic E-state index is 0.115. The molecule has 1 aromatic heterocycles. The maximum atomic E-state index is 7.57. The van der Waals surface area contributed by atoms with Gasteiger partial charge in [-0.3, -0.25) is 5.41 Å². The topological polar surface area (TPSA) is 66.0 Å². The van der Waals surface area contributed by atoms with E-state index in [2.05, 4.69) is 16.8 Å². The molecule has 1 aromatic rings. The highest BCUT2D eigenvalue weighted by Gasteiger charge is 2.19. The number of anilines is 1. The van der Waals surface area contributed by atoms with E-state index in [1.165, 1.54) is 25.7 Å². The van der Waals surface area contributed by atoms with Crippen molar-refractivity contribution in [2.75, 3.05) is 11.4 Å². The van der Waals surface area contributed by atoms with Crippen molar-refractivity contribution < 1.29 is 0 Å². The molecule has 1 fully saturated rings. The SMILES string of the molecule is Cc1cc(C(=N)N)cc(N2CCCCCC2C)n1. The number of aryl methyl sites for hydroxylation is 1. The molecule has 0 spiro atoms. The van der Waals surface area contributed by atoms with Crippen LogP contribution in [0.5, 0.6) is 0 Å². The fraction of sp³-hybridized carbons (Fsp3) is 0.571. The molecule has 2 rings (SSSR count). The van der Waals surface area contributed by atoms with Crippen LogP contribution in [0.15, 0.2) is 12.1 Å². The summed E-state index contributed by atoms with van der Waals surface area (Å²) in [6.45, 7) is 5.26. The predicted octanol–water partition coefficient (Wildman–Crippen LogP) is 2.44. The smallest absolute Gasteiger partial charge is 0.129 e. The van der Waals surface area contributed by atoms with E-state index in [4.69, 9.17) is 11.1 Å². The maximum absolute atomic E-state index is 7.57. The van der Waals surface area contributed by atoms with Gasteiger partial charge >= 0.3 is 0 Å². The Labute approximate surface area is 109 Å². The number of pyridine rings is 1. The van der Waals surface area contributed by atoms with Crippen LogP contribution in [-0.2, 0) is 0 Å². The molecule has 4 heteroatoms. The zero-order valence-electron chi connectivity index (χ0n) is 11.2. The highest BCUT2D eigenvalue weighted by molar-refractivity contribution is 5.95. The average Bonchev–Trinajstić information content (AvgIpc) is 2.53. The predicted molar refractivity (Wildman–Crippen MR) is 75.3 cm³/mol. The number of nitrogens with one attached hydrogen (secondary N) is 1. The van der Waals surface area contributed by atoms with Gasteiger partial charge in [0.05, 0.1) is 0 Å². The van der Waals surface area contributed by atoms with Gasteiger partial charge in [-0.05, 0) is 38.8 Å². The summed E-state index contributed by atoms with van der Waals surface area (Å²) in [5.74, 6) is 1.08. The molecule has 2 heterocycles. The van der Waals surface area contributed by atoms with Gasteiger partial charge in [-0.15, -0.1) is 0 Å². The van der Waals surface area contributed by atoms with Crippen LogP contribution in [0.25, 0.3) is 0 Å². The van der Waals surface area contributed by atoms with E-state index < -0.39 is 0 Å². The second-order valence-electron chi connectivity index (χ2n) is 5.16. The lowest BCUT2D eigenvalue weighted by molar-refractivity contribution is 0.610. The zero-order chi connectivity index (χ0) is 13.1. The number of hydrogen-bond acceptors (Lipinski definition) is 3. The monoisotopic (exact) mass is 246 g/mol. The van der Waals surface area contributed by atoms with Crippen LogP contribution in [0.2, 0.25) is 0 Å². The fourth-order valence-electron chi connectivity index (χ4n) is 2.57. The van der Waals surface area contributed by atoms with Crippen LogP contribution in [-0.4, -0.2) is 23.4 Å². The Morgan fingerprint density at radius 1 is 1.39 bits per heavy atom. The molecule has 4 nitrogen and oxygen atoms in total. The molecule has 0 amide bonds. The Balaban J connectivity index is 2.33. The van der Waals surface area contributed by atoms with E-state index in [1.807, 2.05) is 19.1 Å². The average molecular weight is 246 g/mol. The molecule has 3 N–H and O–H groups in total. The first-order valence-corrected chi connectivity index (χ1v) is 6.67. The normalized spacial score (nSPS) is 20.6. The highest BCUT2D eigenvalue weighted by atomic mass is 15.2. The summed E-state index contributed by atoms with van der Waals surface area (Å²) < 4.78 is 0. The third-order valence-corrected chi connectivity index (χ3v) is 3.60. The molecular weight excluding hydrogens is 224 g/mol. The van der Waals surface area contributed by atoms with Gasteiger partial charge in [0.1, 0.15) is 11.7 Å². The summed E-state index contributed by atoms with van der Waals surface area (Å²) in [4.78, 5) is 6.96. The van der Waals surface area contributed by atoms with Crippen LogP contribution < -0.4 is 10.6 Å². The minimum Gasteiger partial charge on any atom is -0.384 e. The molecule has 0 radical (unpaired) electrons. The van der Waals surface area contributed by atoms with E-state index in [-0.39, 0.29) is 5.84 Å². The van der Waals surface area contributed by atoms with Crippen molar-refractivity contribution in [2.24, 2.45) is 5.73 Å². The first kappa shape index (κ1) is 12.9. The highest BCUT2D eigenvalue weighted by Crippen LogP contribution is 2.23. The minimum absolute atomic E-state index is 0.115. The van der Waals surface area contributed by atoms with Gasteiger partial charge in [-0.1, -0.05) is 12.8 Å². The third kappa shape index (κ3) is 2.81. The van der Waals surface area contributed by atoms with Gasteiger partial charge in [0.25, 0.3) is 0 Å². The number of nitrogens with zero attached hydrogens (tertiary/aromatic N) is 2. The Morgan fingerprint density at radius 2 is 2.17 bits per heavy atom. The van der Waals surface area contributed by atoms with E-state index in [0.717, 1.165) is 23.6 Å². The fourth-order valence-corrected chi connectivity index (χ4v) is 2.57. The summed E-state index contributed by atoms with van der Waals surface area (Å²) in [7, 11) is 0. The molecule has 0 aliphatic carbocycles. The second-order valence-corrected chi connectivity index (χ2v) is 5.16. The molecular formula is C14H22N4. The molecule has 1 atom stereocenters. The summed E-state index contributed by atoms with van der Waals surface area (Å²) in [6.07, 6.45) is 5.02. The quantitative estimate of drug-likeness (QED) is 0.622. The largest absolute Gasteiger partial charge is 0.384 e. The Hall–Kier alpha value is -1.58. The van der Waals surface area contributed by atoms with Crippen molar-refractivity contribution in [3.8, 4) is 0 Å². The van der Waals surface area contributed by atoms with Crippen LogP contribution in [0.4, 0.5) is 5.82 Å². The maximum Gasteiger partial charge on any atom is 0.129 e. The molecule has 0 aromatic carbocycles. The Bertz CT molecular complexity index is 441. The Kier molecular flexibility index (Phi) is 3.84. The van der Waals surface area contributed by atoms with Crippen molar-refractivity contribution in [3.05, 3.63) is 23.4 Å². The number of nitrogen functional groups attached to an aromatic ring is 1. The Morgan fingerprint density at radius 3 is 2.89 bits per heavy atom. The van der Waals surface area contributed by atoms with Gasteiger partial charge < -0.3 is 10.6 Å². The third-order valence-electron chi connectivity index (χ3n) is 3.60.